The van der Waals surface area contributed by atoms with E-state index in [4.69, 9.17) is 9.47 Å². The maximum Gasteiger partial charge on any atom is 0.365 e. The number of nitrogens with zero attached hydrogens (tertiary/aromatic N) is 1. The van der Waals surface area contributed by atoms with Gasteiger partial charge in [0, 0.05) is 11.1 Å². The Balaban J connectivity index is 2.08. The molecule has 1 aliphatic heterocycles. The number of benzene rings is 2. The van der Waals surface area contributed by atoms with Crippen molar-refractivity contribution in [3.63, 3.8) is 0 Å². The number of carbonyl (C=O) groups is 2. The van der Waals surface area contributed by atoms with Gasteiger partial charge < -0.3 is 9.47 Å². The van der Waals surface area contributed by atoms with Crippen molar-refractivity contribution in [2.45, 2.75) is 5.60 Å². The fourth-order valence-corrected chi connectivity index (χ4v) is 2.33. The van der Waals surface area contributed by atoms with Crippen LogP contribution in [0.4, 0.5) is 0 Å². The number of aliphatic imine (C=N–C) groups is 1. The Morgan fingerprint density at radius 1 is 1.05 bits per heavy atom. The molecule has 0 spiro atoms. The van der Waals surface area contributed by atoms with Crippen LogP contribution in [-0.4, -0.2) is 24.9 Å². The lowest BCUT2D eigenvalue weighted by Gasteiger charge is -2.24. The van der Waals surface area contributed by atoms with E-state index in [9.17, 15) is 9.59 Å². The van der Waals surface area contributed by atoms with Crippen molar-refractivity contribution in [3.05, 3.63) is 71.8 Å². The third-order valence-corrected chi connectivity index (χ3v) is 3.43. The molecule has 2 aromatic carbocycles. The van der Waals surface area contributed by atoms with Crippen molar-refractivity contribution < 1.29 is 19.1 Å². The van der Waals surface area contributed by atoms with Gasteiger partial charge in [0.1, 0.15) is 0 Å². The van der Waals surface area contributed by atoms with E-state index in [1.165, 1.54) is 7.11 Å². The molecule has 0 saturated carbocycles. The van der Waals surface area contributed by atoms with Crippen LogP contribution in [0.3, 0.4) is 0 Å². The molecule has 0 aliphatic carbocycles. The predicted molar refractivity (Wildman–Crippen MR) is 79.2 cm³/mol. The Bertz CT molecular complexity index is 740. The number of amides is 1. The molecule has 0 saturated heterocycles. The zero-order valence-electron chi connectivity index (χ0n) is 11.9. The molecule has 1 aliphatic rings. The van der Waals surface area contributed by atoms with Crippen LogP contribution < -0.4 is 0 Å². The van der Waals surface area contributed by atoms with Gasteiger partial charge in [-0.2, -0.15) is 4.99 Å². The van der Waals surface area contributed by atoms with Gasteiger partial charge in [0.05, 0.1) is 7.11 Å². The van der Waals surface area contributed by atoms with Crippen molar-refractivity contribution in [1.29, 1.82) is 0 Å². The lowest BCUT2D eigenvalue weighted by Crippen LogP contribution is -2.43. The standard InChI is InChI=1S/C17H13NO4/c1-21-16(20)17(13-10-6-3-7-11-13)15(19)18-14(22-17)12-8-4-2-5-9-12/h2-11H,1H3/t17-/m1/s1. The summed E-state index contributed by atoms with van der Waals surface area (Å²) in [4.78, 5) is 28.7. The highest BCUT2D eigenvalue weighted by atomic mass is 16.6. The van der Waals surface area contributed by atoms with Gasteiger partial charge in [-0.15, -0.1) is 0 Å². The molecule has 0 unspecified atom stereocenters. The maximum absolute atomic E-state index is 12.5. The van der Waals surface area contributed by atoms with Crippen LogP contribution in [0.25, 0.3) is 0 Å². The van der Waals surface area contributed by atoms with Crippen LogP contribution in [0.5, 0.6) is 0 Å². The summed E-state index contributed by atoms with van der Waals surface area (Å²) in [5.74, 6) is -1.37. The Morgan fingerprint density at radius 2 is 1.64 bits per heavy atom. The zero-order chi connectivity index (χ0) is 15.6. The molecule has 0 bridgehead atoms. The van der Waals surface area contributed by atoms with Crippen LogP contribution in [0.2, 0.25) is 0 Å². The Morgan fingerprint density at radius 3 is 2.23 bits per heavy atom. The summed E-state index contributed by atoms with van der Waals surface area (Å²) in [6, 6.07) is 17.4. The first-order valence-corrected chi connectivity index (χ1v) is 6.70. The van der Waals surface area contributed by atoms with E-state index in [0.29, 0.717) is 11.1 Å². The van der Waals surface area contributed by atoms with Gasteiger partial charge in [-0.05, 0) is 12.1 Å². The van der Waals surface area contributed by atoms with E-state index in [-0.39, 0.29) is 5.90 Å². The van der Waals surface area contributed by atoms with Gasteiger partial charge in [-0.25, -0.2) is 4.79 Å². The van der Waals surface area contributed by atoms with E-state index in [2.05, 4.69) is 4.99 Å². The van der Waals surface area contributed by atoms with Crippen molar-refractivity contribution in [1.82, 2.24) is 0 Å². The summed E-state index contributed by atoms with van der Waals surface area (Å²) in [6.45, 7) is 0. The first kappa shape index (κ1) is 14.0. The van der Waals surface area contributed by atoms with E-state index < -0.39 is 17.5 Å². The summed E-state index contributed by atoms with van der Waals surface area (Å²) >= 11 is 0. The van der Waals surface area contributed by atoms with E-state index in [1.54, 1.807) is 54.6 Å². The lowest BCUT2D eigenvalue weighted by molar-refractivity contribution is -0.164. The third kappa shape index (κ3) is 2.07. The molecular formula is C17H13NO4. The minimum absolute atomic E-state index is 0.111. The van der Waals surface area contributed by atoms with Gasteiger partial charge in [0.25, 0.3) is 0 Å². The molecule has 0 N–H and O–H groups in total. The van der Waals surface area contributed by atoms with Crippen LogP contribution in [0.15, 0.2) is 65.7 Å². The second-order valence-corrected chi connectivity index (χ2v) is 4.73. The highest BCUT2D eigenvalue weighted by Gasteiger charge is 2.56. The Kier molecular flexibility index (Phi) is 3.47. The average Bonchev–Trinajstić information content (AvgIpc) is 2.94. The molecule has 1 amide bonds. The normalized spacial score (nSPS) is 20.2. The number of methoxy groups -OCH3 is 1. The molecule has 0 aromatic heterocycles. The third-order valence-electron chi connectivity index (χ3n) is 3.43. The van der Waals surface area contributed by atoms with Gasteiger partial charge in [0.15, 0.2) is 0 Å². The number of ether oxygens (including phenoxy) is 2. The molecule has 2 aromatic rings. The van der Waals surface area contributed by atoms with Crippen LogP contribution in [0, 0.1) is 0 Å². The molecule has 5 heteroatoms. The molecule has 110 valence electrons. The maximum atomic E-state index is 12.5. The monoisotopic (exact) mass is 295 g/mol. The van der Waals surface area contributed by atoms with E-state index >= 15 is 0 Å². The molecule has 22 heavy (non-hydrogen) atoms. The molecule has 5 nitrogen and oxygen atoms in total. The van der Waals surface area contributed by atoms with Gasteiger partial charge >= 0.3 is 17.5 Å². The van der Waals surface area contributed by atoms with Crippen molar-refractivity contribution in [2.24, 2.45) is 4.99 Å². The number of hydrogen-bond acceptors (Lipinski definition) is 4. The molecular weight excluding hydrogens is 282 g/mol. The van der Waals surface area contributed by atoms with Crippen LogP contribution >= 0.6 is 0 Å². The van der Waals surface area contributed by atoms with Crippen molar-refractivity contribution in [3.8, 4) is 0 Å². The summed E-state index contributed by atoms with van der Waals surface area (Å²) in [5.41, 5.74) is -0.861. The van der Waals surface area contributed by atoms with Gasteiger partial charge in [0.2, 0.25) is 5.90 Å². The Hall–Kier alpha value is -2.95. The predicted octanol–water partition coefficient (Wildman–Crippen LogP) is 2.06. The molecule has 1 atom stereocenters. The summed E-state index contributed by atoms with van der Waals surface area (Å²) in [7, 11) is 1.21. The van der Waals surface area contributed by atoms with Crippen LogP contribution in [-0.2, 0) is 24.7 Å². The Labute approximate surface area is 127 Å². The molecule has 0 fully saturated rings. The summed E-state index contributed by atoms with van der Waals surface area (Å²) in [5, 5.41) is 0. The second kappa shape index (κ2) is 5.44. The minimum Gasteiger partial charge on any atom is -0.465 e. The SMILES string of the molecule is COC(=O)[C@]1(c2ccccc2)OC(c2ccccc2)=NC1=O. The fraction of sp³-hybridized carbons (Fsp3) is 0.118. The molecule has 1 heterocycles. The number of rotatable bonds is 3. The molecule has 0 radical (unpaired) electrons. The fourth-order valence-electron chi connectivity index (χ4n) is 2.33. The number of hydrogen-bond donors (Lipinski definition) is 0. The lowest BCUT2D eigenvalue weighted by atomic mass is 9.93. The zero-order valence-corrected chi connectivity index (χ0v) is 11.9. The van der Waals surface area contributed by atoms with Gasteiger partial charge in [-0.3, -0.25) is 4.79 Å². The molecule has 3 rings (SSSR count). The van der Waals surface area contributed by atoms with E-state index in [1.807, 2.05) is 6.07 Å². The van der Waals surface area contributed by atoms with Crippen LogP contribution in [0.1, 0.15) is 11.1 Å². The van der Waals surface area contributed by atoms with Gasteiger partial charge in [-0.1, -0.05) is 48.5 Å². The minimum atomic E-state index is -1.87. The van der Waals surface area contributed by atoms with Crippen molar-refractivity contribution in [2.75, 3.05) is 7.11 Å². The van der Waals surface area contributed by atoms with E-state index in [0.717, 1.165) is 0 Å². The smallest absolute Gasteiger partial charge is 0.365 e. The highest BCUT2D eigenvalue weighted by molar-refractivity contribution is 6.18. The quantitative estimate of drug-likeness (QED) is 0.642. The topological polar surface area (TPSA) is 65.0 Å². The number of carbonyl (C=O) groups excluding carboxylic acids is 2. The second-order valence-electron chi connectivity index (χ2n) is 4.73. The summed E-state index contributed by atoms with van der Waals surface area (Å²) in [6.07, 6.45) is 0. The highest BCUT2D eigenvalue weighted by Crippen LogP contribution is 2.34. The van der Waals surface area contributed by atoms with Crippen molar-refractivity contribution >= 4 is 17.8 Å². The summed E-state index contributed by atoms with van der Waals surface area (Å²) < 4.78 is 10.5. The largest absolute Gasteiger partial charge is 0.465 e. The number of esters is 1. The first-order chi connectivity index (χ1) is 10.7. The average molecular weight is 295 g/mol. The first-order valence-electron chi connectivity index (χ1n) is 6.70.